The lowest BCUT2D eigenvalue weighted by atomic mass is 10.3. The highest BCUT2D eigenvalue weighted by Crippen LogP contribution is 2.16. The van der Waals surface area contributed by atoms with Gasteiger partial charge in [0, 0.05) is 0 Å². The summed E-state index contributed by atoms with van der Waals surface area (Å²) in [6.07, 6.45) is 1.21. The molecule has 1 aromatic carbocycles. The first kappa shape index (κ1) is 9.72. The van der Waals surface area contributed by atoms with Gasteiger partial charge in [0.1, 0.15) is 12.9 Å². The summed E-state index contributed by atoms with van der Waals surface area (Å²) in [7, 11) is 0. The lowest BCUT2D eigenvalue weighted by Gasteiger charge is -2.05. The van der Waals surface area contributed by atoms with E-state index in [-0.39, 0.29) is 11.5 Å². The van der Waals surface area contributed by atoms with Crippen LogP contribution in [0.1, 0.15) is 5.82 Å². The highest BCUT2D eigenvalue weighted by molar-refractivity contribution is 5.34. The molecule has 1 aromatic heterocycles. The van der Waals surface area contributed by atoms with Crippen LogP contribution >= 0.6 is 0 Å². The van der Waals surface area contributed by atoms with Crippen molar-refractivity contribution >= 4 is 0 Å². The maximum Gasteiger partial charge on any atom is 0.182 e. The van der Waals surface area contributed by atoms with E-state index in [4.69, 9.17) is 5.11 Å². The van der Waals surface area contributed by atoms with Crippen LogP contribution in [-0.2, 0) is 6.61 Å². The monoisotopic (exact) mass is 211 g/mol. The molecule has 4 nitrogen and oxygen atoms in total. The number of rotatable bonds is 2. The lowest BCUT2D eigenvalue weighted by Crippen LogP contribution is -2.03. The molecule has 0 aliphatic rings. The predicted octanol–water partition coefficient (Wildman–Crippen LogP) is 1.04. The quantitative estimate of drug-likeness (QED) is 0.807. The van der Waals surface area contributed by atoms with Gasteiger partial charge in [-0.2, -0.15) is 0 Å². The van der Waals surface area contributed by atoms with E-state index >= 15 is 0 Å². The smallest absolute Gasteiger partial charge is 0.182 e. The molecule has 2 rings (SSSR count). The van der Waals surface area contributed by atoms with Gasteiger partial charge in [-0.1, -0.05) is 6.07 Å². The number of benzene rings is 1. The van der Waals surface area contributed by atoms with E-state index in [1.165, 1.54) is 23.0 Å². The zero-order chi connectivity index (χ0) is 10.8. The third-order valence-electron chi connectivity index (χ3n) is 1.95. The van der Waals surface area contributed by atoms with Crippen LogP contribution in [-0.4, -0.2) is 19.9 Å². The molecule has 0 unspecified atom stereocenters. The van der Waals surface area contributed by atoms with Gasteiger partial charge in [-0.25, -0.2) is 8.78 Å². The molecule has 6 heteroatoms. The average molecular weight is 211 g/mol. The molecule has 0 radical (unpaired) electrons. The maximum atomic E-state index is 13.3. The van der Waals surface area contributed by atoms with Gasteiger partial charge >= 0.3 is 0 Å². The maximum absolute atomic E-state index is 13.3. The number of hydrogen-bond acceptors (Lipinski definition) is 3. The molecular weight excluding hydrogens is 204 g/mol. The molecule has 0 fully saturated rings. The number of aliphatic hydroxyl groups is 1. The first-order valence-corrected chi connectivity index (χ1v) is 4.18. The Bertz CT molecular complexity index is 484. The summed E-state index contributed by atoms with van der Waals surface area (Å²) in [6.45, 7) is -0.393. The number of aromatic nitrogens is 3. The first-order chi connectivity index (χ1) is 7.24. The third kappa shape index (κ3) is 1.59. The third-order valence-corrected chi connectivity index (χ3v) is 1.95. The van der Waals surface area contributed by atoms with Crippen LogP contribution in [0, 0.1) is 11.6 Å². The van der Waals surface area contributed by atoms with Gasteiger partial charge in [-0.3, -0.25) is 4.57 Å². The summed E-state index contributed by atoms with van der Waals surface area (Å²) >= 11 is 0. The van der Waals surface area contributed by atoms with Crippen molar-refractivity contribution < 1.29 is 13.9 Å². The second-order valence-corrected chi connectivity index (χ2v) is 2.85. The van der Waals surface area contributed by atoms with Crippen LogP contribution in [0.5, 0.6) is 0 Å². The Kier molecular flexibility index (Phi) is 2.42. The van der Waals surface area contributed by atoms with Crippen LogP contribution in [0.25, 0.3) is 5.69 Å². The van der Waals surface area contributed by atoms with Gasteiger partial charge in [0.2, 0.25) is 0 Å². The molecule has 0 aliphatic carbocycles. The van der Waals surface area contributed by atoms with E-state index in [0.717, 1.165) is 6.07 Å². The largest absolute Gasteiger partial charge is 0.388 e. The van der Waals surface area contributed by atoms with Crippen molar-refractivity contribution in [2.75, 3.05) is 0 Å². The second-order valence-electron chi connectivity index (χ2n) is 2.85. The van der Waals surface area contributed by atoms with Gasteiger partial charge in [-0.05, 0) is 12.1 Å². The molecule has 0 amide bonds. The standard InChI is InChI=1S/C9H7F2N3O/c10-6-2-1-3-7(9(6)11)14-5-12-13-8(14)4-15/h1-3,5,15H,4H2. The summed E-state index contributed by atoms with van der Waals surface area (Å²) in [4.78, 5) is 0. The Morgan fingerprint density at radius 1 is 1.33 bits per heavy atom. The summed E-state index contributed by atoms with van der Waals surface area (Å²) in [5.74, 6) is -1.79. The van der Waals surface area contributed by atoms with E-state index in [1.54, 1.807) is 0 Å². The van der Waals surface area contributed by atoms with Crippen molar-refractivity contribution in [2.45, 2.75) is 6.61 Å². The first-order valence-electron chi connectivity index (χ1n) is 4.18. The normalized spacial score (nSPS) is 10.6. The van der Waals surface area contributed by atoms with Gasteiger partial charge < -0.3 is 5.11 Å². The summed E-state index contributed by atoms with van der Waals surface area (Å²) in [5, 5.41) is 15.9. The van der Waals surface area contributed by atoms with E-state index in [0.29, 0.717) is 0 Å². The van der Waals surface area contributed by atoms with Crippen molar-refractivity contribution in [3.05, 3.63) is 42.0 Å². The fraction of sp³-hybridized carbons (Fsp3) is 0.111. The molecule has 1 N–H and O–H groups in total. The van der Waals surface area contributed by atoms with Crippen LogP contribution in [0.3, 0.4) is 0 Å². The lowest BCUT2D eigenvalue weighted by molar-refractivity contribution is 0.268. The minimum atomic E-state index is -0.994. The Balaban J connectivity index is 2.59. The number of nitrogens with zero attached hydrogens (tertiary/aromatic N) is 3. The predicted molar refractivity (Wildman–Crippen MR) is 47.2 cm³/mol. The molecule has 0 saturated carbocycles. The molecule has 2 aromatic rings. The number of hydrogen-bond donors (Lipinski definition) is 1. The van der Waals surface area contributed by atoms with Gasteiger partial charge in [0.05, 0.1) is 5.69 Å². The van der Waals surface area contributed by atoms with Crippen molar-refractivity contribution in [3.8, 4) is 5.69 Å². The fourth-order valence-electron chi connectivity index (χ4n) is 1.25. The Labute approximate surface area is 83.8 Å². The highest BCUT2D eigenvalue weighted by atomic mass is 19.2. The average Bonchev–Trinajstić information content (AvgIpc) is 2.70. The molecule has 0 bridgehead atoms. The molecule has 1 heterocycles. The minimum Gasteiger partial charge on any atom is -0.388 e. The van der Waals surface area contributed by atoms with Crippen LogP contribution in [0.15, 0.2) is 24.5 Å². The zero-order valence-electron chi connectivity index (χ0n) is 7.56. The van der Waals surface area contributed by atoms with E-state index < -0.39 is 18.2 Å². The van der Waals surface area contributed by atoms with E-state index in [9.17, 15) is 8.78 Å². The summed E-state index contributed by atoms with van der Waals surface area (Å²) in [5.41, 5.74) is -0.0240. The van der Waals surface area contributed by atoms with Gasteiger partial charge in [-0.15, -0.1) is 10.2 Å². The topological polar surface area (TPSA) is 50.9 Å². The number of aliphatic hydroxyl groups excluding tert-OH is 1. The zero-order valence-corrected chi connectivity index (χ0v) is 7.56. The fourth-order valence-corrected chi connectivity index (χ4v) is 1.25. The second kappa shape index (κ2) is 3.74. The van der Waals surface area contributed by atoms with Crippen molar-refractivity contribution in [3.63, 3.8) is 0 Å². The van der Waals surface area contributed by atoms with Gasteiger partial charge in [0.15, 0.2) is 17.5 Å². The molecule has 0 saturated heterocycles. The summed E-state index contributed by atoms with van der Waals surface area (Å²) < 4.78 is 27.5. The van der Waals surface area contributed by atoms with E-state index in [1.807, 2.05) is 0 Å². The van der Waals surface area contributed by atoms with E-state index in [2.05, 4.69) is 10.2 Å². The Morgan fingerprint density at radius 2 is 2.13 bits per heavy atom. The van der Waals surface area contributed by atoms with Gasteiger partial charge in [0.25, 0.3) is 0 Å². The van der Waals surface area contributed by atoms with Crippen molar-refractivity contribution in [1.82, 2.24) is 14.8 Å². The van der Waals surface area contributed by atoms with Crippen LogP contribution in [0.4, 0.5) is 8.78 Å². The Hall–Kier alpha value is -1.82. The Morgan fingerprint density at radius 3 is 2.87 bits per heavy atom. The molecule has 0 spiro atoms. The van der Waals surface area contributed by atoms with Crippen molar-refractivity contribution in [1.29, 1.82) is 0 Å². The highest BCUT2D eigenvalue weighted by Gasteiger charge is 2.12. The SMILES string of the molecule is OCc1nncn1-c1cccc(F)c1F. The minimum absolute atomic E-state index is 0.0240. The molecular formula is C9H7F2N3O. The molecule has 0 atom stereocenters. The summed E-state index contributed by atoms with van der Waals surface area (Å²) in [6, 6.07) is 3.76. The molecule has 0 aliphatic heterocycles. The van der Waals surface area contributed by atoms with Crippen LogP contribution < -0.4 is 0 Å². The van der Waals surface area contributed by atoms with Crippen LogP contribution in [0.2, 0.25) is 0 Å². The van der Waals surface area contributed by atoms with Crippen molar-refractivity contribution in [2.24, 2.45) is 0 Å². The molecule has 78 valence electrons. The number of halogens is 2. The molecule has 15 heavy (non-hydrogen) atoms.